The lowest BCUT2D eigenvalue weighted by Gasteiger charge is -2.27. The largest absolute Gasteiger partial charge is 0.378 e. The second-order valence-electron chi connectivity index (χ2n) is 6.75. The average molecular weight is 378 g/mol. The lowest BCUT2D eigenvalue weighted by atomic mass is 9.98. The summed E-state index contributed by atoms with van der Waals surface area (Å²) in [6.07, 6.45) is 0. The molecule has 1 aromatic heterocycles. The van der Waals surface area contributed by atoms with E-state index in [1.54, 1.807) is 35.2 Å². The van der Waals surface area contributed by atoms with Crippen molar-refractivity contribution in [3.63, 3.8) is 0 Å². The lowest BCUT2D eigenvalue weighted by molar-refractivity contribution is 0.0303. The predicted molar refractivity (Wildman–Crippen MR) is 104 cm³/mol. The molecule has 0 atom stereocenters. The van der Waals surface area contributed by atoms with Crippen molar-refractivity contribution < 1.29 is 18.7 Å². The van der Waals surface area contributed by atoms with Crippen molar-refractivity contribution in [1.82, 2.24) is 9.88 Å². The van der Waals surface area contributed by atoms with Gasteiger partial charge in [0.15, 0.2) is 5.78 Å². The van der Waals surface area contributed by atoms with Gasteiger partial charge in [-0.3, -0.25) is 9.59 Å². The summed E-state index contributed by atoms with van der Waals surface area (Å²) >= 11 is 0. The number of ether oxygens (including phenoxy) is 1. The minimum Gasteiger partial charge on any atom is -0.378 e. The van der Waals surface area contributed by atoms with E-state index >= 15 is 0 Å². The Morgan fingerprint density at radius 1 is 1.04 bits per heavy atom. The molecule has 3 aromatic rings. The molecule has 1 aliphatic heterocycles. The Labute approximate surface area is 161 Å². The minimum atomic E-state index is -0.327. The van der Waals surface area contributed by atoms with Crippen LogP contribution in [0, 0.1) is 5.82 Å². The van der Waals surface area contributed by atoms with E-state index < -0.39 is 0 Å². The normalized spacial score (nSPS) is 14.3. The molecule has 6 heteroatoms. The van der Waals surface area contributed by atoms with Crippen LogP contribution in [-0.4, -0.2) is 47.9 Å². The second kappa shape index (κ2) is 7.48. The highest BCUT2D eigenvalue weighted by atomic mass is 19.1. The summed E-state index contributed by atoms with van der Waals surface area (Å²) in [5, 5.41) is 0.801. The number of ketones is 1. The first-order chi connectivity index (χ1) is 13.5. The van der Waals surface area contributed by atoms with Gasteiger partial charge in [0.05, 0.1) is 18.7 Å². The molecule has 0 unspecified atom stereocenters. The molecule has 0 aliphatic carbocycles. The molecule has 1 amide bonds. The van der Waals surface area contributed by atoms with Crippen LogP contribution in [0.5, 0.6) is 0 Å². The summed E-state index contributed by atoms with van der Waals surface area (Å²) < 4.78 is 18.6. The number of rotatable bonds is 3. The van der Waals surface area contributed by atoms with Gasteiger partial charge < -0.3 is 9.64 Å². The maximum atomic E-state index is 13.3. The van der Waals surface area contributed by atoms with Gasteiger partial charge in [0.25, 0.3) is 5.91 Å². The number of nitrogens with zero attached hydrogens (tertiary/aromatic N) is 2. The van der Waals surface area contributed by atoms with Crippen molar-refractivity contribution in [2.45, 2.75) is 6.92 Å². The van der Waals surface area contributed by atoms with Gasteiger partial charge >= 0.3 is 0 Å². The molecule has 0 N–H and O–H groups in total. The number of hydrogen-bond donors (Lipinski definition) is 0. The first kappa shape index (κ1) is 18.3. The highest BCUT2D eigenvalue weighted by molar-refractivity contribution is 6.04. The van der Waals surface area contributed by atoms with Crippen molar-refractivity contribution in [1.29, 1.82) is 0 Å². The number of carbonyl (C=O) groups excluding carboxylic acids is 2. The van der Waals surface area contributed by atoms with E-state index in [2.05, 4.69) is 4.98 Å². The van der Waals surface area contributed by atoms with Gasteiger partial charge in [-0.25, -0.2) is 9.37 Å². The number of fused-ring (bicyclic) bond motifs is 1. The van der Waals surface area contributed by atoms with Gasteiger partial charge in [-0.1, -0.05) is 18.2 Å². The molecule has 0 spiro atoms. The Kier molecular flexibility index (Phi) is 4.88. The second-order valence-corrected chi connectivity index (χ2v) is 6.75. The van der Waals surface area contributed by atoms with E-state index in [4.69, 9.17) is 4.74 Å². The van der Waals surface area contributed by atoms with E-state index in [1.165, 1.54) is 19.1 Å². The maximum Gasteiger partial charge on any atom is 0.254 e. The quantitative estimate of drug-likeness (QED) is 0.652. The number of pyridine rings is 1. The Morgan fingerprint density at radius 3 is 2.43 bits per heavy atom. The van der Waals surface area contributed by atoms with Crippen LogP contribution < -0.4 is 0 Å². The van der Waals surface area contributed by atoms with Crippen molar-refractivity contribution in [3.05, 3.63) is 65.6 Å². The predicted octanol–water partition coefficient (Wildman–Crippen LogP) is 3.72. The lowest BCUT2D eigenvalue weighted by Crippen LogP contribution is -2.40. The van der Waals surface area contributed by atoms with Crippen LogP contribution in [0.3, 0.4) is 0 Å². The number of amides is 1. The monoisotopic (exact) mass is 378 g/mol. The molecular weight excluding hydrogens is 359 g/mol. The first-order valence-corrected chi connectivity index (χ1v) is 9.11. The van der Waals surface area contributed by atoms with E-state index in [9.17, 15) is 14.0 Å². The average Bonchev–Trinajstić information content (AvgIpc) is 2.73. The molecule has 0 bridgehead atoms. The number of morpholine rings is 1. The minimum absolute atomic E-state index is 0.0800. The summed E-state index contributed by atoms with van der Waals surface area (Å²) in [4.78, 5) is 31.0. The fourth-order valence-electron chi connectivity index (χ4n) is 3.36. The van der Waals surface area contributed by atoms with Crippen LogP contribution in [0.25, 0.3) is 22.0 Å². The summed E-state index contributed by atoms with van der Waals surface area (Å²) in [6.45, 7) is 3.62. The summed E-state index contributed by atoms with van der Waals surface area (Å²) in [6, 6.07) is 13.1. The number of hydrogen-bond acceptors (Lipinski definition) is 4. The van der Waals surface area contributed by atoms with Gasteiger partial charge in [-0.15, -0.1) is 0 Å². The van der Waals surface area contributed by atoms with E-state index in [-0.39, 0.29) is 17.5 Å². The van der Waals surface area contributed by atoms with Gasteiger partial charge in [0.1, 0.15) is 11.5 Å². The topological polar surface area (TPSA) is 59.5 Å². The fourth-order valence-corrected chi connectivity index (χ4v) is 3.36. The molecule has 28 heavy (non-hydrogen) atoms. The third kappa shape index (κ3) is 3.51. The standard InChI is InChI=1S/C22H19FN2O3/c1-14(26)20-13-19(15-2-5-17(23)6-3-15)18-7-4-16(12-21(18)24-20)22(27)25-8-10-28-11-9-25/h2-7,12-13H,8-11H2,1H3. The van der Waals surface area contributed by atoms with Crippen molar-refractivity contribution in [3.8, 4) is 11.1 Å². The highest BCUT2D eigenvalue weighted by Gasteiger charge is 2.20. The number of halogens is 1. The number of benzene rings is 2. The van der Waals surface area contributed by atoms with Gasteiger partial charge in [-0.2, -0.15) is 0 Å². The molecule has 0 saturated carbocycles. The van der Waals surface area contributed by atoms with E-state index in [0.29, 0.717) is 43.1 Å². The third-order valence-electron chi connectivity index (χ3n) is 4.87. The molecular formula is C22H19FN2O3. The van der Waals surface area contributed by atoms with Crippen LogP contribution in [0.15, 0.2) is 48.5 Å². The molecule has 4 rings (SSSR count). The molecule has 1 aliphatic rings. The summed E-state index contributed by atoms with van der Waals surface area (Å²) in [7, 11) is 0. The summed E-state index contributed by atoms with van der Waals surface area (Å²) in [5.41, 5.74) is 2.95. The van der Waals surface area contributed by atoms with Gasteiger partial charge in [0, 0.05) is 31.0 Å². The molecule has 142 valence electrons. The van der Waals surface area contributed by atoms with Crippen LogP contribution in [0.4, 0.5) is 4.39 Å². The molecule has 5 nitrogen and oxygen atoms in total. The van der Waals surface area contributed by atoms with E-state index in [0.717, 1.165) is 16.5 Å². The molecule has 1 saturated heterocycles. The van der Waals surface area contributed by atoms with Crippen molar-refractivity contribution in [2.75, 3.05) is 26.3 Å². The van der Waals surface area contributed by atoms with Crippen molar-refractivity contribution >= 4 is 22.6 Å². The Morgan fingerprint density at radius 2 is 1.75 bits per heavy atom. The van der Waals surface area contributed by atoms with Gasteiger partial charge in [0.2, 0.25) is 0 Å². The van der Waals surface area contributed by atoms with Gasteiger partial charge in [-0.05, 0) is 41.5 Å². The molecule has 2 heterocycles. The number of Topliss-reactive ketones (excluding diaryl/α,β-unsaturated/α-hetero) is 1. The zero-order valence-electron chi connectivity index (χ0n) is 15.4. The molecule has 2 aromatic carbocycles. The van der Waals surface area contributed by atoms with Crippen LogP contribution in [-0.2, 0) is 4.74 Å². The maximum absolute atomic E-state index is 13.3. The zero-order chi connectivity index (χ0) is 19.7. The van der Waals surface area contributed by atoms with E-state index in [1.807, 2.05) is 6.07 Å². The highest BCUT2D eigenvalue weighted by Crippen LogP contribution is 2.30. The zero-order valence-corrected chi connectivity index (χ0v) is 15.4. The number of aromatic nitrogens is 1. The van der Waals surface area contributed by atoms with Crippen molar-refractivity contribution in [2.24, 2.45) is 0 Å². The molecule has 1 fully saturated rings. The Bertz CT molecular complexity index is 1060. The van der Waals surface area contributed by atoms with Crippen LogP contribution in [0.1, 0.15) is 27.8 Å². The van der Waals surface area contributed by atoms with Crippen LogP contribution in [0.2, 0.25) is 0 Å². The smallest absolute Gasteiger partial charge is 0.254 e. The first-order valence-electron chi connectivity index (χ1n) is 9.11. The number of carbonyl (C=O) groups is 2. The molecule has 0 radical (unpaired) electrons. The SMILES string of the molecule is CC(=O)c1cc(-c2ccc(F)cc2)c2ccc(C(=O)N3CCOCC3)cc2n1. The Hall–Kier alpha value is -3.12. The van der Waals surface area contributed by atoms with Crippen LogP contribution >= 0.6 is 0 Å². The third-order valence-corrected chi connectivity index (χ3v) is 4.87. The summed E-state index contributed by atoms with van der Waals surface area (Å²) in [5.74, 6) is -0.578. The fraction of sp³-hybridized carbons (Fsp3) is 0.227. The Balaban J connectivity index is 1.82.